The summed E-state index contributed by atoms with van der Waals surface area (Å²) < 4.78 is 26.8. The Labute approximate surface area is 104 Å². The van der Waals surface area contributed by atoms with E-state index in [-0.39, 0.29) is 16.2 Å². The van der Waals surface area contributed by atoms with Gasteiger partial charge in [-0.15, -0.1) is 0 Å². The van der Waals surface area contributed by atoms with Crippen molar-refractivity contribution in [2.45, 2.75) is 11.8 Å². The van der Waals surface area contributed by atoms with Crippen LogP contribution in [0.2, 0.25) is 0 Å². The number of ether oxygens (including phenoxy) is 1. The number of rotatable bonds is 3. The molecule has 0 aliphatic heterocycles. The zero-order chi connectivity index (χ0) is 13.1. The highest BCUT2D eigenvalue weighted by Gasteiger charge is 2.10. The van der Waals surface area contributed by atoms with Gasteiger partial charge in [0.2, 0.25) is 10.0 Å². The lowest BCUT2D eigenvalue weighted by Gasteiger charge is -2.04. The predicted molar refractivity (Wildman–Crippen MR) is 63.1 cm³/mol. The molecule has 0 atom stereocenters. The van der Waals surface area contributed by atoms with Gasteiger partial charge in [0.1, 0.15) is 5.75 Å². The normalized spacial score (nSPS) is 12.3. The van der Waals surface area contributed by atoms with Crippen LogP contribution in [0.15, 0.2) is 40.3 Å². The Hall–Kier alpha value is -1.37. The second-order valence-electron chi connectivity index (χ2n) is 3.20. The van der Waals surface area contributed by atoms with Crippen molar-refractivity contribution in [3.8, 4) is 5.75 Å². The summed E-state index contributed by atoms with van der Waals surface area (Å²) in [6.07, 6.45) is 0. The van der Waals surface area contributed by atoms with Crippen molar-refractivity contribution in [3.05, 3.63) is 35.4 Å². The van der Waals surface area contributed by atoms with Crippen LogP contribution >= 0.6 is 11.6 Å². The summed E-state index contributed by atoms with van der Waals surface area (Å²) in [7, 11) is -3.74. The Kier molecular flexibility index (Phi) is 4.28. The van der Waals surface area contributed by atoms with Crippen LogP contribution in [0, 0.1) is 0 Å². The van der Waals surface area contributed by atoms with Crippen LogP contribution < -0.4 is 9.88 Å². The fourth-order valence-corrected chi connectivity index (χ4v) is 1.53. The molecule has 1 aromatic rings. The Morgan fingerprint density at radius 2 is 1.88 bits per heavy atom. The minimum Gasteiger partial charge on any atom is -0.423 e. The maximum atomic E-state index is 11.3. The molecule has 0 fully saturated rings. The topological polar surface area (TPSA) is 86.5 Å². The summed E-state index contributed by atoms with van der Waals surface area (Å²) in [6.45, 7) is 1.49. The molecule has 7 heteroatoms. The Morgan fingerprint density at radius 3 is 2.29 bits per heavy atom. The lowest BCUT2D eigenvalue weighted by atomic mass is 10.3. The number of esters is 1. The van der Waals surface area contributed by atoms with E-state index in [4.69, 9.17) is 21.5 Å². The highest BCUT2D eigenvalue weighted by molar-refractivity contribution is 7.89. The second kappa shape index (κ2) is 5.31. The standard InChI is InChI=1S/C10H10ClNO4S/c1-7(6-11)10(13)16-8-2-4-9(5-3-8)17(12,14)15/h2-6H,1H3,(H2,12,14,15)/b7-6+. The van der Waals surface area contributed by atoms with Crippen molar-refractivity contribution >= 4 is 27.6 Å². The van der Waals surface area contributed by atoms with E-state index in [1.807, 2.05) is 0 Å². The first-order valence-electron chi connectivity index (χ1n) is 4.46. The van der Waals surface area contributed by atoms with E-state index in [1.165, 1.54) is 31.2 Å². The minimum atomic E-state index is -3.74. The van der Waals surface area contributed by atoms with Crippen molar-refractivity contribution in [2.75, 3.05) is 0 Å². The highest BCUT2D eigenvalue weighted by Crippen LogP contribution is 2.16. The molecule has 0 aliphatic rings. The predicted octanol–water partition coefficient (Wildman–Crippen LogP) is 1.38. The number of sulfonamides is 1. The number of benzene rings is 1. The molecule has 92 valence electrons. The average molecular weight is 276 g/mol. The summed E-state index contributed by atoms with van der Waals surface area (Å²) in [5.41, 5.74) is 1.34. The van der Waals surface area contributed by atoms with Gasteiger partial charge in [-0.1, -0.05) is 11.6 Å². The van der Waals surface area contributed by atoms with E-state index in [0.717, 1.165) is 5.54 Å². The summed E-state index contributed by atoms with van der Waals surface area (Å²) >= 11 is 5.34. The fourth-order valence-electron chi connectivity index (χ4n) is 0.929. The lowest BCUT2D eigenvalue weighted by molar-refractivity contribution is -0.130. The summed E-state index contributed by atoms with van der Waals surface area (Å²) in [4.78, 5) is 11.3. The molecule has 0 radical (unpaired) electrons. The third kappa shape index (κ3) is 3.85. The van der Waals surface area contributed by atoms with Gasteiger partial charge in [0, 0.05) is 11.1 Å². The highest BCUT2D eigenvalue weighted by atomic mass is 35.5. The summed E-state index contributed by atoms with van der Waals surface area (Å²) in [5, 5.41) is 4.92. The molecule has 0 saturated heterocycles. The van der Waals surface area contributed by atoms with E-state index in [1.54, 1.807) is 0 Å². The van der Waals surface area contributed by atoms with Gasteiger partial charge < -0.3 is 4.74 Å². The van der Waals surface area contributed by atoms with Crippen LogP contribution in [0.4, 0.5) is 0 Å². The van der Waals surface area contributed by atoms with Gasteiger partial charge in [0.15, 0.2) is 0 Å². The van der Waals surface area contributed by atoms with Crippen molar-refractivity contribution in [1.82, 2.24) is 0 Å². The molecule has 0 spiro atoms. The van der Waals surface area contributed by atoms with Crippen LogP contribution in [0.1, 0.15) is 6.92 Å². The van der Waals surface area contributed by atoms with E-state index in [0.29, 0.717) is 0 Å². The molecule has 0 heterocycles. The molecular formula is C10H10ClNO4S. The zero-order valence-electron chi connectivity index (χ0n) is 8.88. The molecule has 0 aromatic heterocycles. The van der Waals surface area contributed by atoms with Gasteiger partial charge in [-0.25, -0.2) is 18.4 Å². The van der Waals surface area contributed by atoms with Crippen molar-refractivity contribution in [1.29, 1.82) is 0 Å². The molecule has 0 saturated carbocycles. The molecular weight excluding hydrogens is 266 g/mol. The maximum Gasteiger partial charge on any atom is 0.340 e. The fraction of sp³-hybridized carbons (Fsp3) is 0.100. The summed E-state index contributed by atoms with van der Waals surface area (Å²) in [6, 6.07) is 5.16. The van der Waals surface area contributed by atoms with Gasteiger partial charge in [-0.3, -0.25) is 0 Å². The van der Waals surface area contributed by atoms with Gasteiger partial charge in [0.05, 0.1) is 4.90 Å². The van der Waals surface area contributed by atoms with Crippen molar-refractivity contribution in [2.24, 2.45) is 5.14 Å². The molecule has 1 rings (SSSR count). The minimum absolute atomic E-state index is 0.0538. The Bertz CT molecular complexity index is 548. The monoisotopic (exact) mass is 275 g/mol. The van der Waals surface area contributed by atoms with Gasteiger partial charge in [-0.05, 0) is 31.2 Å². The van der Waals surface area contributed by atoms with E-state index < -0.39 is 16.0 Å². The zero-order valence-corrected chi connectivity index (χ0v) is 10.5. The van der Waals surface area contributed by atoms with Crippen LogP contribution in [-0.2, 0) is 14.8 Å². The third-order valence-corrected chi connectivity index (χ3v) is 3.11. The van der Waals surface area contributed by atoms with Crippen LogP contribution in [0.5, 0.6) is 5.75 Å². The first kappa shape index (κ1) is 13.7. The number of nitrogens with two attached hydrogens (primary N) is 1. The maximum absolute atomic E-state index is 11.3. The molecule has 0 amide bonds. The smallest absolute Gasteiger partial charge is 0.340 e. The molecule has 5 nitrogen and oxygen atoms in total. The molecule has 2 N–H and O–H groups in total. The number of carbonyl (C=O) groups excluding carboxylic acids is 1. The quantitative estimate of drug-likeness (QED) is 0.513. The van der Waals surface area contributed by atoms with Gasteiger partial charge in [-0.2, -0.15) is 0 Å². The third-order valence-electron chi connectivity index (χ3n) is 1.85. The number of primary sulfonamides is 1. The SMILES string of the molecule is C/C(=C\Cl)C(=O)Oc1ccc(S(N)(=O)=O)cc1. The van der Waals surface area contributed by atoms with Crippen molar-refractivity contribution in [3.63, 3.8) is 0 Å². The molecule has 1 aromatic carbocycles. The van der Waals surface area contributed by atoms with E-state index >= 15 is 0 Å². The number of hydrogen-bond donors (Lipinski definition) is 1. The molecule has 0 aliphatic carbocycles. The largest absolute Gasteiger partial charge is 0.423 e. The van der Waals surface area contributed by atoms with Crippen molar-refractivity contribution < 1.29 is 17.9 Å². The number of carbonyl (C=O) groups is 1. The van der Waals surface area contributed by atoms with Gasteiger partial charge in [0.25, 0.3) is 0 Å². The van der Waals surface area contributed by atoms with Gasteiger partial charge >= 0.3 is 5.97 Å². The Balaban J connectivity index is 2.87. The second-order valence-corrected chi connectivity index (χ2v) is 4.98. The van der Waals surface area contributed by atoms with Crippen LogP contribution in [-0.4, -0.2) is 14.4 Å². The summed E-state index contributed by atoms with van der Waals surface area (Å²) in [5.74, 6) is -0.399. The lowest BCUT2D eigenvalue weighted by Crippen LogP contribution is -2.12. The van der Waals surface area contributed by atoms with E-state index in [2.05, 4.69) is 0 Å². The number of halogens is 1. The Morgan fingerprint density at radius 1 is 1.35 bits per heavy atom. The first-order chi connectivity index (χ1) is 7.84. The molecule has 0 unspecified atom stereocenters. The molecule has 0 bridgehead atoms. The number of hydrogen-bond acceptors (Lipinski definition) is 4. The van der Waals surface area contributed by atoms with E-state index in [9.17, 15) is 13.2 Å². The van der Waals surface area contributed by atoms with Crippen LogP contribution in [0.3, 0.4) is 0 Å². The first-order valence-corrected chi connectivity index (χ1v) is 6.45. The molecule has 17 heavy (non-hydrogen) atoms. The average Bonchev–Trinajstić information content (AvgIpc) is 2.27. The van der Waals surface area contributed by atoms with Crippen LogP contribution in [0.25, 0.3) is 0 Å².